The third-order valence-corrected chi connectivity index (χ3v) is 10.3. The van der Waals surface area contributed by atoms with Crippen molar-refractivity contribution in [1.29, 1.82) is 0 Å². The normalized spacial score (nSPS) is 11.3. The summed E-state index contributed by atoms with van der Waals surface area (Å²) in [6, 6.07) is 70.2. The van der Waals surface area contributed by atoms with E-state index in [1.54, 1.807) is 0 Å². The number of benzene rings is 8. The largest absolute Gasteiger partial charge is 0.310 e. The number of aryl methyl sites for hydroxylation is 2. The van der Waals surface area contributed by atoms with Gasteiger partial charge in [-0.3, -0.25) is 0 Å². The lowest BCUT2D eigenvalue weighted by Gasteiger charge is -2.27. The average Bonchev–Trinajstić information content (AvgIpc) is 3.53. The third-order valence-electron chi connectivity index (χ3n) is 10.3. The van der Waals surface area contributed by atoms with Crippen LogP contribution in [-0.2, 0) is 0 Å². The molecular formula is C50H38N2. The molecule has 0 radical (unpaired) electrons. The van der Waals surface area contributed by atoms with Crippen molar-refractivity contribution in [2.24, 2.45) is 0 Å². The molecule has 0 saturated heterocycles. The number of aromatic nitrogens is 1. The van der Waals surface area contributed by atoms with E-state index in [1.165, 1.54) is 72.0 Å². The Morgan fingerprint density at radius 2 is 0.923 bits per heavy atom. The second-order valence-corrected chi connectivity index (χ2v) is 13.5. The Morgan fingerprint density at radius 1 is 0.346 bits per heavy atom. The molecule has 0 bridgehead atoms. The van der Waals surface area contributed by atoms with Crippen molar-refractivity contribution in [3.63, 3.8) is 0 Å². The van der Waals surface area contributed by atoms with Crippen molar-refractivity contribution in [3.8, 4) is 39.1 Å². The van der Waals surface area contributed by atoms with Gasteiger partial charge in [-0.25, -0.2) is 0 Å². The summed E-state index contributed by atoms with van der Waals surface area (Å²) < 4.78 is 2.37. The topological polar surface area (TPSA) is 8.17 Å². The lowest BCUT2D eigenvalue weighted by atomic mass is 9.96. The maximum absolute atomic E-state index is 2.38. The molecule has 0 aliphatic heterocycles. The Kier molecular flexibility index (Phi) is 7.98. The first-order valence-electron chi connectivity index (χ1n) is 17.9. The zero-order chi connectivity index (χ0) is 35.0. The standard InChI is InChI=1S/C50H38N2/c1-35-14-9-10-21-45(35)46-30-29-44(32-36(46)2)51(42-27-24-38(25-28-42)37-15-5-3-6-16-37)43-20-13-17-39(33-43)40-26-31-50-48(34-40)47-22-11-12-23-49(47)52(50)41-18-7-4-8-19-41/h3-34H,1-2H3. The fraction of sp³-hybridized carbons (Fsp3) is 0.0400. The molecule has 0 spiro atoms. The SMILES string of the molecule is Cc1ccccc1-c1ccc(N(c2ccc(-c3ccccc3)cc2)c2cccc(-c3ccc4c(c3)c3ccccc3n4-c3ccccc3)c2)cc1C. The van der Waals surface area contributed by atoms with Gasteiger partial charge in [0.25, 0.3) is 0 Å². The maximum Gasteiger partial charge on any atom is 0.0541 e. The molecule has 0 aliphatic carbocycles. The van der Waals surface area contributed by atoms with Gasteiger partial charge in [0.15, 0.2) is 0 Å². The van der Waals surface area contributed by atoms with Gasteiger partial charge in [0.1, 0.15) is 0 Å². The predicted molar refractivity (Wildman–Crippen MR) is 221 cm³/mol. The zero-order valence-electron chi connectivity index (χ0n) is 29.4. The summed E-state index contributed by atoms with van der Waals surface area (Å²) in [6.45, 7) is 4.41. The first-order chi connectivity index (χ1) is 25.6. The quantitative estimate of drug-likeness (QED) is 0.164. The van der Waals surface area contributed by atoms with Crippen LogP contribution in [0.4, 0.5) is 17.1 Å². The van der Waals surface area contributed by atoms with Crippen molar-refractivity contribution >= 4 is 38.9 Å². The van der Waals surface area contributed by atoms with Gasteiger partial charge in [0, 0.05) is 33.5 Å². The van der Waals surface area contributed by atoms with Gasteiger partial charge >= 0.3 is 0 Å². The molecule has 0 fully saturated rings. The Bertz CT molecular complexity index is 2690. The fourth-order valence-electron chi connectivity index (χ4n) is 7.68. The number of hydrogen-bond acceptors (Lipinski definition) is 1. The summed E-state index contributed by atoms with van der Waals surface area (Å²) in [5.74, 6) is 0. The van der Waals surface area contributed by atoms with E-state index < -0.39 is 0 Å². The van der Waals surface area contributed by atoms with E-state index in [0.717, 1.165) is 17.1 Å². The fourth-order valence-corrected chi connectivity index (χ4v) is 7.68. The summed E-state index contributed by atoms with van der Waals surface area (Å²) in [7, 11) is 0. The Morgan fingerprint density at radius 3 is 1.71 bits per heavy atom. The van der Waals surface area contributed by atoms with Crippen LogP contribution in [0.15, 0.2) is 194 Å². The predicted octanol–water partition coefficient (Wildman–Crippen LogP) is 13.9. The van der Waals surface area contributed by atoms with Crippen molar-refractivity contribution in [1.82, 2.24) is 4.57 Å². The van der Waals surface area contributed by atoms with E-state index in [2.05, 4.69) is 217 Å². The van der Waals surface area contributed by atoms with Crippen molar-refractivity contribution in [2.75, 3.05) is 4.90 Å². The Labute approximate surface area is 305 Å². The van der Waals surface area contributed by atoms with E-state index in [4.69, 9.17) is 0 Å². The molecule has 248 valence electrons. The maximum atomic E-state index is 2.38. The monoisotopic (exact) mass is 666 g/mol. The van der Waals surface area contributed by atoms with Crippen LogP contribution in [0.25, 0.3) is 60.9 Å². The highest BCUT2D eigenvalue weighted by molar-refractivity contribution is 6.10. The van der Waals surface area contributed by atoms with E-state index in [1.807, 2.05) is 0 Å². The van der Waals surface area contributed by atoms with Crippen LogP contribution in [0.3, 0.4) is 0 Å². The summed E-state index contributed by atoms with van der Waals surface area (Å²) in [5, 5.41) is 2.50. The first-order valence-corrected chi connectivity index (χ1v) is 17.9. The van der Waals surface area contributed by atoms with Gasteiger partial charge in [-0.2, -0.15) is 0 Å². The van der Waals surface area contributed by atoms with E-state index in [9.17, 15) is 0 Å². The van der Waals surface area contributed by atoms with Crippen LogP contribution >= 0.6 is 0 Å². The first kappa shape index (κ1) is 31.3. The molecule has 0 N–H and O–H groups in total. The second kappa shape index (κ2) is 13.2. The molecule has 0 aliphatic rings. The highest BCUT2D eigenvalue weighted by atomic mass is 15.1. The molecular weight excluding hydrogens is 629 g/mol. The second-order valence-electron chi connectivity index (χ2n) is 13.5. The molecule has 0 atom stereocenters. The summed E-state index contributed by atoms with van der Waals surface area (Å²) >= 11 is 0. The molecule has 0 unspecified atom stereocenters. The van der Waals surface area contributed by atoms with Crippen LogP contribution in [0.2, 0.25) is 0 Å². The van der Waals surface area contributed by atoms with Crippen molar-refractivity contribution in [3.05, 3.63) is 205 Å². The van der Waals surface area contributed by atoms with Gasteiger partial charge in [0.05, 0.1) is 11.0 Å². The molecule has 0 saturated carbocycles. The zero-order valence-corrected chi connectivity index (χ0v) is 29.4. The third kappa shape index (κ3) is 5.65. The number of fused-ring (bicyclic) bond motifs is 3. The number of anilines is 3. The number of rotatable bonds is 7. The minimum Gasteiger partial charge on any atom is -0.310 e. The molecule has 1 aromatic heterocycles. The minimum absolute atomic E-state index is 1.11. The molecule has 2 heteroatoms. The molecule has 9 aromatic rings. The number of nitrogens with zero attached hydrogens (tertiary/aromatic N) is 2. The lowest BCUT2D eigenvalue weighted by molar-refractivity contribution is 1.18. The van der Waals surface area contributed by atoms with Gasteiger partial charge in [-0.05, 0) is 125 Å². The van der Waals surface area contributed by atoms with Gasteiger partial charge in [0.2, 0.25) is 0 Å². The van der Waals surface area contributed by atoms with Crippen LogP contribution in [-0.4, -0.2) is 4.57 Å². The van der Waals surface area contributed by atoms with Gasteiger partial charge in [-0.15, -0.1) is 0 Å². The highest BCUT2D eigenvalue weighted by Crippen LogP contribution is 2.41. The van der Waals surface area contributed by atoms with Crippen LogP contribution < -0.4 is 4.90 Å². The summed E-state index contributed by atoms with van der Waals surface area (Å²) in [5.41, 5.74) is 16.8. The highest BCUT2D eigenvalue weighted by Gasteiger charge is 2.17. The Hall–Kier alpha value is -6.64. The number of hydrogen-bond donors (Lipinski definition) is 0. The van der Waals surface area contributed by atoms with E-state index in [0.29, 0.717) is 0 Å². The van der Waals surface area contributed by atoms with E-state index in [-0.39, 0.29) is 0 Å². The van der Waals surface area contributed by atoms with Crippen LogP contribution in [0.1, 0.15) is 11.1 Å². The average molecular weight is 667 g/mol. The van der Waals surface area contributed by atoms with E-state index >= 15 is 0 Å². The lowest BCUT2D eigenvalue weighted by Crippen LogP contribution is -2.10. The number of para-hydroxylation sites is 2. The molecule has 1 heterocycles. The molecule has 0 amide bonds. The summed E-state index contributed by atoms with van der Waals surface area (Å²) in [4.78, 5) is 2.38. The van der Waals surface area contributed by atoms with Crippen LogP contribution in [0.5, 0.6) is 0 Å². The Balaban J connectivity index is 1.17. The van der Waals surface area contributed by atoms with Crippen molar-refractivity contribution < 1.29 is 0 Å². The van der Waals surface area contributed by atoms with Crippen molar-refractivity contribution in [2.45, 2.75) is 13.8 Å². The minimum atomic E-state index is 1.11. The summed E-state index contributed by atoms with van der Waals surface area (Å²) in [6.07, 6.45) is 0. The molecule has 52 heavy (non-hydrogen) atoms. The molecule has 9 rings (SSSR count). The molecule has 2 nitrogen and oxygen atoms in total. The molecule has 8 aromatic carbocycles. The van der Waals surface area contributed by atoms with Crippen LogP contribution in [0, 0.1) is 13.8 Å². The van der Waals surface area contributed by atoms with Gasteiger partial charge < -0.3 is 9.47 Å². The smallest absolute Gasteiger partial charge is 0.0541 e. The van der Waals surface area contributed by atoms with Gasteiger partial charge in [-0.1, -0.05) is 127 Å².